The summed E-state index contributed by atoms with van der Waals surface area (Å²) in [5.41, 5.74) is 6.41. The molecular formula is C66H95B3Br4Cl2MgN10O10S4. The van der Waals surface area contributed by atoms with E-state index in [1.165, 1.54) is 53.0 Å². The summed E-state index contributed by atoms with van der Waals surface area (Å²) in [4.78, 5) is 35.9. The van der Waals surface area contributed by atoms with Crippen LogP contribution >= 0.6 is 116 Å². The molecule has 3 aliphatic rings. The van der Waals surface area contributed by atoms with Gasteiger partial charge < -0.3 is 86.2 Å². The zero-order chi connectivity index (χ0) is 74.4. The smallest absolute Gasteiger partial charge is 1.00 e. The molecule has 0 unspecified atom stereocenters. The van der Waals surface area contributed by atoms with Crippen molar-refractivity contribution in [2.75, 3.05) is 5.32 Å². The van der Waals surface area contributed by atoms with Crippen molar-refractivity contribution in [1.82, 2.24) is 30.1 Å². The molecule has 0 bridgehead atoms. The fourth-order valence-corrected chi connectivity index (χ4v) is 11.8. The summed E-state index contributed by atoms with van der Waals surface area (Å²) >= 11 is 27.9. The van der Waals surface area contributed by atoms with E-state index in [1.807, 2.05) is 82.3 Å². The number of halogens is 6. The van der Waals surface area contributed by atoms with Crippen LogP contribution in [0.25, 0.3) is 10.7 Å². The van der Waals surface area contributed by atoms with Crippen molar-refractivity contribution < 1.29 is 66.8 Å². The van der Waals surface area contributed by atoms with Gasteiger partial charge in [-0.2, -0.15) is 5.10 Å². The summed E-state index contributed by atoms with van der Waals surface area (Å²) in [6.07, 6.45) is 9.35. The van der Waals surface area contributed by atoms with Crippen molar-refractivity contribution in [2.45, 2.75) is 214 Å². The number of thiophene rings is 4. The van der Waals surface area contributed by atoms with Gasteiger partial charge in [0.25, 0.3) is 0 Å². The molecule has 13 N–H and O–H groups in total. The van der Waals surface area contributed by atoms with Crippen molar-refractivity contribution in [1.29, 1.82) is 0 Å². The van der Waals surface area contributed by atoms with Gasteiger partial charge in [0, 0.05) is 58.3 Å². The van der Waals surface area contributed by atoms with E-state index < -0.39 is 39.2 Å². The maximum Gasteiger partial charge on any atom is 2.00 e. The van der Waals surface area contributed by atoms with Crippen LogP contribution in [-0.4, -0.2) is 157 Å². The molecule has 2 saturated carbocycles. The van der Waals surface area contributed by atoms with Crippen molar-refractivity contribution in [2.24, 2.45) is 22.4 Å². The molecule has 3 fully saturated rings. The van der Waals surface area contributed by atoms with Crippen molar-refractivity contribution in [3.63, 3.8) is 0 Å². The number of aliphatic imine (C=N–C) groups is 1. The first-order chi connectivity index (χ1) is 44.2. The van der Waals surface area contributed by atoms with Crippen LogP contribution in [0.5, 0.6) is 0 Å². The molecule has 0 atom stereocenters. The number of carbonyl (C=O) groups is 1. The summed E-state index contributed by atoms with van der Waals surface area (Å²) in [6, 6.07) is 17.3. The Morgan fingerprint density at radius 2 is 1.13 bits per heavy atom. The van der Waals surface area contributed by atoms with Crippen LogP contribution in [0.2, 0.25) is 10.0 Å². The molecule has 546 valence electrons. The fraction of sp³-hybridized carbons (Fsp3) is 0.515. The quantitative estimate of drug-likeness (QED) is 0.0120. The Balaban J connectivity index is 0.00000118. The van der Waals surface area contributed by atoms with Crippen LogP contribution in [0, 0.1) is 13.3 Å². The van der Waals surface area contributed by atoms with Gasteiger partial charge >= 0.3 is 30.2 Å². The average molecular weight is 1760 g/mol. The molecule has 7 aromatic rings. The molecule has 2 aliphatic carbocycles. The fourth-order valence-electron chi connectivity index (χ4n) is 6.68. The minimum Gasteiger partial charge on any atom is -1.00 e. The minimum atomic E-state index is -1.01. The number of rotatable bonds is 14. The normalized spacial score (nSPS) is 15.1. The van der Waals surface area contributed by atoms with Gasteiger partial charge in [-0.1, -0.05) is 29.3 Å². The zero-order valence-electron chi connectivity index (χ0n) is 60.4. The first kappa shape index (κ1) is 97.8. The monoisotopic (exact) mass is 1760 g/mol. The molecule has 0 amide bonds. The Labute approximate surface area is 671 Å². The number of Topliss-reactive ketones (excluding diaryl/α,β-unsaturated/α-hetero) is 1. The number of aromatic amines is 1. The zero-order valence-corrected chi connectivity index (χ0v) is 73.0. The molecule has 8 heterocycles. The Morgan fingerprint density at radius 3 is 1.52 bits per heavy atom. The van der Waals surface area contributed by atoms with Crippen LogP contribution in [0.1, 0.15) is 193 Å². The number of aliphatic hydroxyl groups is 7. The standard InChI is InChI=1S/C17H18ClN5OS.C13H21BO3S.C10H11BrClN5.C7H9BrOS.C6H5BrOS.2C6H14O2.CH3.B2.BrH.Mg/c1-17(2,24)13-6-5-12(25-13)16-19-8-10(18)15(21-16)20-14-7-11(22-23-14)9-3-4-9;1-11(2,15)9-7-8-10(18-9)14-16-12(3,4)13(5,6)17-14;11-10-15-4-6(12)9(17-10)16-8(14)3-7(13)5-1-2-5;1-7(2,9)5-3-4-6(8)10-5;1-4(8)5-2-3-6(7)9-5;2*1-5(2,7)6(3,4)8;;1-2;;/h5-9,24H,3-4H2,1-2H3,(H2,19,20,21,22,23);7-8,15H,1-6H3;3-5H,1-2,13H2,(H2,14,15,16,17);3-4,9H,1-2H3;2-3H,1H3;2*7-8H,1-4H3;1H3;;1H;/q;;;;;;;-1;;;+2/p-1/b;;7-3-;;;;;;;;. The summed E-state index contributed by atoms with van der Waals surface area (Å²) in [7, 11) is 7.66. The average Bonchev–Trinajstić information content (AvgIpc) is 1.62. The summed E-state index contributed by atoms with van der Waals surface area (Å²) in [6.45, 7) is 33.0. The summed E-state index contributed by atoms with van der Waals surface area (Å²) in [5.74, 6) is 3.57. The van der Waals surface area contributed by atoms with Crippen LogP contribution in [0.4, 0.5) is 17.5 Å². The van der Waals surface area contributed by atoms with E-state index in [9.17, 15) is 20.1 Å². The number of nitrogens with two attached hydrogens (primary N) is 2. The van der Waals surface area contributed by atoms with Crippen LogP contribution in [0.15, 0.2) is 96.1 Å². The molecule has 7 aromatic heterocycles. The van der Waals surface area contributed by atoms with E-state index in [4.69, 9.17) is 64.4 Å². The second-order valence-electron chi connectivity index (χ2n) is 27.4. The van der Waals surface area contributed by atoms with Gasteiger partial charge in [-0.15, -0.1) is 45.3 Å². The Kier molecular flexibility index (Phi) is 39.7. The van der Waals surface area contributed by atoms with Crippen molar-refractivity contribution >= 4 is 196 Å². The number of anilines is 2. The van der Waals surface area contributed by atoms with Crippen LogP contribution < -0.4 is 38.5 Å². The minimum absolute atomic E-state index is 0. The molecule has 0 spiro atoms. The Hall–Kier alpha value is -2.25. The molecule has 10 rings (SSSR count). The number of ketones is 1. The van der Waals surface area contributed by atoms with Crippen LogP contribution in [0.3, 0.4) is 0 Å². The molecule has 1 saturated heterocycles. The summed E-state index contributed by atoms with van der Waals surface area (Å²) in [5, 5.41) is 77.2. The van der Waals surface area contributed by atoms with Gasteiger partial charge in [0.05, 0.1) is 80.1 Å². The second-order valence-corrected chi connectivity index (χ2v) is 36.0. The molecule has 4 radical (unpaired) electrons. The second kappa shape index (κ2) is 40.6. The van der Waals surface area contributed by atoms with Crippen molar-refractivity contribution in [3.8, 4) is 10.7 Å². The summed E-state index contributed by atoms with van der Waals surface area (Å²) < 4.78 is 15.4. The van der Waals surface area contributed by atoms with Gasteiger partial charge in [0.2, 0.25) is 0 Å². The molecule has 20 nitrogen and oxygen atoms in total. The molecule has 1 aliphatic heterocycles. The number of hydrogen-bond acceptors (Lipinski definition) is 22. The third-order valence-corrected chi connectivity index (χ3v) is 22.5. The predicted octanol–water partition coefficient (Wildman–Crippen LogP) is 11.7. The van der Waals surface area contributed by atoms with Gasteiger partial charge in [0.1, 0.15) is 15.9 Å². The molecule has 100 heavy (non-hydrogen) atoms. The van der Waals surface area contributed by atoms with E-state index in [-0.39, 0.29) is 71.6 Å². The topological polar surface area (TPSA) is 334 Å². The predicted molar refractivity (Wildman–Crippen MR) is 424 cm³/mol. The van der Waals surface area contributed by atoms with Crippen molar-refractivity contribution in [3.05, 3.63) is 134 Å². The van der Waals surface area contributed by atoms with Gasteiger partial charge in [-0.3, -0.25) is 9.89 Å². The SMILES string of the molecule is CC(=O)c1ccc(Br)s1.CC(C)(O)C(C)(C)O.CC(C)(O)C(C)(C)O.CC(C)(O)c1ccc(-c2ncc(Cl)c(Nc3cc(C4CC4)[nH]n3)n2)s1.CC(C)(O)c1ccc(B2OC(C)(C)C(C)(C)O2)s1.CC(C)(O)c1ccc(Br)s1.NC(/C=C(\N)C1CC1)=Nc1nc(Br)ncc1Cl.[B][B].[Br-].[CH3-].[Mg+2]. The molecule has 34 heteroatoms. The number of carbonyl (C=O) groups excluding carboxylic acids is 1. The molecular weight excluding hydrogens is 1670 g/mol. The van der Waals surface area contributed by atoms with E-state index in [2.05, 4.69) is 104 Å². The first-order valence-corrected chi connectivity index (χ1v) is 36.9. The van der Waals surface area contributed by atoms with E-state index in [0.29, 0.717) is 55.7 Å². The number of H-pyrrole nitrogens is 1. The van der Waals surface area contributed by atoms with Gasteiger partial charge in [0.15, 0.2) is 33.8 Å². The number of hydrogen-bond donors (Lipinski definition) is 11. The van der Waals surface area contributed by atoms with E-state index in [1.54, 1.807) is 127 Å². The number of amidine groups is 1. The van der Waals surface area contributed by atoms with Gasteiger partial charge in [-0.25, -0.2) is 24.9 Å². The van der Waals surface area contributed by atoms with E-state index >= 15 is 0 Å². The van der Waals surface area contributed by atoms with E-state index in [0.717, 1.165) is 61.0 Å². The number of aromatic nitrogens is 6. The van der Waals surface area contributed by atoms with Gasteiger partial charge in [-0.05, 0) is 259 Å². The largest absolute Gasteiger partial charge is 2.00 e. The van der Waals surface area contributed by atoms with Crippen LogP contribution in [-0.2, 0) is 26.1 Å². The Bertz CT molecular complexity index is 3650. The maximum absolute atomic E-state index is 10.6. The Morgan fingerprint density at radius 1 is 0.680 bits per heavy atom. The molecule has 0 aromatic carbocycles. The third-order valence-electron chi connectivity index (χ3n) is 15.1. The third kappa shape index (κ3) is 32.9. The first-order valence-electron chi connectivity index (χ1n) is 30.5. The number of allylic oxidation sites excluding steroid dienone is 1. The number of nitrogens with one attached hydrogen (secondary N) is 2. The maximum atomic E-state index is 10.6. The number of nitrogens with zero attached hydrogens (tertiary/aromatic N) is 6.